The Morgan fingerprint density at radius 3 is 2.61 bits per heavy atom. The molecule has 0 fully saturated rings. The number of hydrogen-bond donors (Lipinski definition) is 4. The van der Waals surface area contributed by atoms with Crippen molar-refractivity contribution in [2.45, 2.75) is 6.54 Å². The van der Waals surface area contributed by atoms with E-state index in [1.807, 2.05) is 54.7 Å². The molecule has 0 atom stereocenters. The number of rotatable bonds is 7. The number of nitrogens with zero attached hydrogens (tertiary/aromatic N) is 1. The van der Waals surface area contributed by atoms with Crippen molar-refractivity contribution in [2.75, 3.05) is 0 Å². The molecule has 9 heteroatoms. The van der Waals surface area contributed by atoms with E-state index in [1.54, 1.807) is 6.07 Å². The number of para-hydroxylation sites is 1. The van der Waals surface area contributed by atoms with E-state index in [1.165, 1.54) is 30.5 Å². The molecule has 2 heterocycles. The van der Waals surface area contributed by atoms with E-state index in [0.717, 1.165) is 27.4 Å². The summed E-state index contributed by atoms with van der Waals surface area (Å²) in [6, 6.07) is 21.2. The lowest BCUT2D eigenvalue weighted by Gasteiger charge is -2.10. The molecule has 5 aromatic rings. The molecule has 0 aliphatic carbocycles. The summed E-state index contributed by atoms with van der Waals surface area (Å²) in [5.41, 5.74) is 3.13. The molecule has 0 radical (unpaired) electrons. The molecule has 8 nitrogen and oxygen atoms in total. The Bertz CT molecular complexity index is 1740. The number of carbonyl (C=O) groups excluding carboxylic acids is 2. The van der Waals surface area contributed by atoms with Gasteiger partial charge in [0.05, 0.1) is 16.1 Å². The molecular weight excluding hydrogens is 504 g/mol. The number of amides is 2. The van der Waals surface area contributed by atoms with Crippen LogP contribution in [-0.4, -0.2) is 32.9 Å². The van der Waals surface area contributed by atoms with Crippen LogP contribution in [0.15, 0.2) is 90.9 Å². The number of H-pyrrole nitrogens is 1. The van der Waals surface area contributed by atoms with Gasteiger partial charge in [0, 0.05) is 35.4 Å². The van der Waals surface area contributed by atoms with Crippen molar-refractivity contribution in [1.29, 1.82) is 0 Å². The Balaban J connectivity index is 1.28. The fourth-order valence-corrected chi connectivity index (χ4v) is 4.27. The van der Waals surface area contributed by atoms with Crippen LogP contribution in [0.3, 0.4) is 0 Å². The van der Waals surface area contributed by atoms with E-state index >= 15 is 0 Å². The highest BCUT2D eigenvalue weighted by Crippen LogP contribution is 2.20. The van der Waals surface area contributed by atoms with Gasteiger partial charge in [0.1, 0.15) is 5.70 Å². The minimum absolute atomic E-state index is 0.0139. The molecule has 0 unspecified atom stereocenters. The third-order valence-corrected chi connectivity index (χ3v) is 6.26. The number of carboxylic acid groups (broad SMARTS) is 1. The number of nitrogens with one attached hydrogen (secondary N) is 3. The van der Waals surface area contributed by atoms with Gasteiger partial charge >= 0.3 is 5.97 Å². The van der Waals surface area contributed by atoms with Gasteiger partial charge in [-0.05, 0) is 65.1 Å². The number of carboxylic acids is 1. The maximum atomic E-state index is 12.8. The van der Waals surface area contributed by atoms with E-state index in [9.17, 15) is 19.5 Å². The molecule has 0 aliphatic rings. The summed E-state index contributed by atoms with van der Waals surface area (Å²) in [5, 5.41) is 16.8. The third-order valence-electron chi connectivity index (χ3n) is 5.95. The van der Waals surface area contributed by atoms with Crippen molar-refractivity contribution in [2.24, 2.45) is 0 Å². The Kier molecular flexibility index (Phi) is 6.88. The van der Waals surface area contributed by atoms with Crippen LogP contribution >= 0.6 is 11.6 Å². The van der Waals surface area contributed by atoms with Crippen LogP contribution < -0.4 is 10.6 Å². The summed E-state index contributed by atoms with van der Waals surface area (Å²) >= 11 is 6.31. The first-order valence-electron chi connectivity index (χ1n) is 11.6. The second-order valence-corrected chi connectivity index (χ2v) is 8.96. The van der Waals surface area contributed by atoms with E-state index < -0.39 is 11.9 Å². The normalized spacial score (nSPS) is 11.4. The summed E-state index contributed by atoms with van der Waals surface area (Å²) in [4.78, 5) is 44.8. The SMILES string of the molecule is O=C(O)/C(=C/c1cnc2ccccc2c1)NC(=O)c1ccc(C(=O)NCc2ccc3cc[nH]c3c2)cc1Cl. The fraction of sp³-hybridized carbons (Fsp3) is 0.0345. The van der Waals surface area contributed by atoms with Gasteiger partial charge in [-0.15, -0.1) is 0 Å². The molecular formula is C29H21ClN4O4. The van der Waals surface area contributed by atoms with Crippen LogP contribution in [0.1, 0.15) is 31.8 Å². The van der Waals surface area contributed by atoms with Gasteiger partial charge < -0.3 is 20.7 Å². The van der Waals surface area contributed by atoms with E-state index in [2.05, 4.69) is 20.6 Å². The predicted octanol–water partition coefficient (Wildman–Crippen LogP) is 5.16. The van der Waals surface area contributed by atoms with E-state index in [0.29, 0.717) is 12.1 Å². The molecule has 0 saturated carbocycles. The lowest BCUT2D eigenvalue weighted by Crippen LogP contribution is -2.28. The van der Waals surface area contributed by atoms with E-state index in [-0.39, 0.29) is 27.8 Å². The molecule has 0 aliphatic heterocycles. The minimum atomic E-state index is -1.32. The van der Waals surface area contributed by atoms with Crippen molar-refractivity contribution in [3.63, 3.8) is 0 Å². The molecule has 0 saturated heterocycles. The maximum absolute atomic E-state index is 12.8. The zero-order chi connectivity index (χ0) is 26.6. The Morgan fingerprint density at radius 1 is 0.947 bits per heavy atom. The number of hydrogen-bond acceptors (Lipinski definition) is 4. The number of pyridine rings is 1. The zero-order valence-corrected chi connectivity index (χ0v) is 20.6. The third kappa shape index (κ3) is 5.40. The highest BCUT2D eigenvalue weighted by Gasteiger charge is 2.18. The van der Waals surface area contributed by atoms with Gasteiger partial charge in [-0.1, -0.05) is 41.9 Å². The second kappa shape index (κ2) is 10.6. The largest absolute Gasteiger partial charge is 0.477 e. The first-order valence-corrected chi connectivity index (χ1v) is 12.0. The Hall–Kier alpha value is -4.95. The van der Waals surface area contributed by atoms with Crippen LogP contribution in [0, 0.1) is 0 Å². The molecule has 0 bridgehead atoms. The number of halogens is 1. The standard InChI is InChI=1S/C29H21ClN4O4/c30-23-14-21(27(35)33-15-17-5-6-19-9-10-31-25(19)12-17)7-8-22(23)28(36)34-26(29(37)38)13-18-11-20-3-1-2-4-24(20)32-16-18/h1-14,16,31H,15H2,(H,33,35)(H,34,36)(H,37,38)/b26-13-. The fourth-order valence-electron chi connectivity index (χ4n) is 4.00. The lowest BCUT2D eigenvalue weighted by molar-refractivity contribution is -0.132. The van der Waals surface area contributed by atoms with Crippen LogP contribution in [0.4, 0.5) is 0 Å². The molecule has 38 heavy (non-hydrogen) atoms. The van der Waals surface area contributed by atoms with Crippen molar-refractivity contribution < 1.29 is 19.5 Å². The monoisotopic (exact) mass is 524 g/mol. The van der Waals surface area contributed by atoms with Gasteiger partial charge in [-0.25, -0.2) is 4.79 Å². The van der Waals surface area contributed by atoms with Gasteiger partial charge in [0.15, 0.2) is 0 Å². The predicted molar refractivity (Wildman–Crippen MR) is 146 cm³/mol. The molecule has 0 spiro atoms. The number of aromatic amines is 1. The average Bonchev–Trinajstić information content (AvgIpc) is 3.39. The molecule has 3 aromatic carbocycles. The van der Waals surface area contributed by atoms with Crippen molar-refractivity contribution in [1.82, 2.24) is 20.6 Å². The zero-order valence-electron chi connectivity index (χ0n) is 19.9. The Morgan fingerprint density at radius 2 is 1.79 bits per heavy atom. The van der Waals surface area contributed by atoms with Gasteiger partial charge in [0.25, 0.3) is 11.8 Å². The van der Waals surface area contributed by atoms with Crippen molar-refractivity contribution in [3.8, 4) is 0 Å². The number of aromatic nitrogens is 2. The first-order chi connectivity index (χ1) is 18.4. The van der Waals surface area contributed by atoms with Gasteiger partial charge in [-0.2, -0.15) is 0 Å². The summed E-state index contributed by atoms with van der Waals surface area (Å²) in [6.45, 7) is 0.310. The second-order valence-electron chi connectivity index (χ2n) is 8.56. The van der Waals surface area contributed by atoms with Crippen molar-refractivity contribution >= 4 is 57.3 Å². The topological polar surface area (TPSA) is 124 Å². The van der Waals surface area contributed by atoms with Crippen LogP contribution in [0.5, 0.6) is 0 Å². The highest BCUT2D eigenvalue weighted by atomic mass is 35.5. The number of aliphatic carboxylic acids is 1. The minimum Gasteiger partial charge on any atom is -0.477 e. The van der Waals surface area contributed by atoms with Gasteiger partial charge in [0.2, 0.25) is 0 Å². The summed E-state index contributed by atoms with van der Waals surface area (Å²) < 4.78 is 0. The van der Waals surface area contributed by atoms with Crippen LogP contribution in [0.25, 0.3) is 27.9 Å². The van der Waals surface area contributed by atoms with Crippen LogP contribution in [-0.2, 0) is 11.3 Å². The Labute approximate surface area is 222 Å². The summed E-state index contributed by atoms with van der Waals surface area (Å²) in [5.74, 6) is -2.40. The lowest BCUT2D eigenvalue weighted by atomic mass is 10.1. The van der Waals surface area contributed by atoms with Gasteiger partial charge in [-0.3, -0.25) is 14.6 Å². The molecule has 188 valence electrons. The quantitative estimate of drug-likeness (QED) is 0.219. The smallest absolute Gasteiger partial charge is 0.352 e. The number of fused-ring (bicyclic) bond motifs is 2. The average molecular weight is 525 g/mol. The molecule has 2 aromatic heterocycles. The molecule has 2 amide bonds. The highest BCUT2D eigenvalue weighted by molar-refractivity contribution is 6.34. The first kappa shape index (κ1) is 24.7. The maximum Gasteiger partial charge on any atom is 0.352 e. The number of carbonyl (C=O) groups is 3. The summed E-state index contributed by atoms with van der Waals surface area (Å²) in [6.07, 6.45) is 4.69. The van der Waals surface area contributed by atoms with Crippen LogP contribution in [0.2, 0.25) is 5.02 Å². The van der Waals surface area contributed by atoms with E-state index in [4.69, 9.17) is 11.6 Å². The molecule has 5 rings (SSSR count). The van der Waals surface area contributed by atoms with Crippen molar-refractivity contribution in [3.05, 3.63) is 118 Å². The molecule has 4 N–H and O–H groups in total. The number of benzene rings is 3. The summed E-state index contributed by atoms with van der Waals surface area (Å²) in [7, 11) is 0.